The lowest BCUT2D eigenvalue weighted by atomic mass is 10.1. The van der Waals surface area contributed by atoms with Gasteiger partial charge in [0.2, 0.25) is 0 Å². The summed E-state index contributed by atoms with van der Waals surface area (Å²) in [5.41, 5.74) is 0.196. The van der Waals surface area contributed by atoms with Crippen molar-refractivity contribution in [2.75, 3.05) is 18.0 Å². The molecule has 110 valence electrons. The molecule has 1 aromatic carbocycles. The average molecular weight is 281 g/mol. The van der Waals surface area contributed by atoms with Gasteiger partial charge in [0.15, 0.2) is 5.69 Å². The van der Waals surface area contributed by atoms with Gasteiger partial charge >= 0.3 is 5.69 Å². The van der Waals surface area contributed by atoms with Crippen molar-refractivity contribution >= 4 is 17.1 Å². The Balaban J connectivity index is 3.55. The van der Waals surface area contributed by atoms with Crippen LogP contribution in [-0.4, -0.2) is 22.9 Å². The van der Waals surface area contributed by atoms with Gasteiger partial charge in [-0.2, -0.15) is 0 Å². The minimum absolute atomic E-state index is 0.128. The van der Waals surface area contributed by atoms with Crippen molar-refractivity contribution in [1.29, 1.82) is 0 Å². The second-order valence-corrected chi connectivity index (χ2v) is 4.60. The van der Waals surface area contributed by atoms with Crippen molar-refractivity contribution < 1.29 is 9.85 Å². The first-order chi connectivity index (χ1) is 9.43. The van der Waals surface area contributed by atoms with Crippen LogP contribution in [0.15, 0.2) is 12.1 Å². The molecule has 20 heavy (non-hydrogen) atoms. The first-order valence-electron chi connectivity index (χ1n) is 6.61. The van der Waals surface area contributed by atoms with E-state index < -0.39 is 9.85 Å². The Bertz CT molecular complexity index is 511. The summed E-state index contributed by atoms with van der Waals surface area (Å²) in [7, 11) is 0. The van der Waals surface area contributed by atoms with E-state index in [9.17, 15) is 20.2 Å². The normalized spacial score (nSPS) is 10.3. The summed E-state index contributed by atoms with van der Waals surface area (Å²) in [6.07, 6.45) is 1.53. The van der Waals surface area contributed by atoms with E-state index in [1.54, 1.807) is 11.8 Å². The third kappa shape index (κ3) is 3.23. The predicted octanol–water partition coefficient (Wildman–Crippen LogP) is 3.44. The van der Waals surface area contributed by atoms with Gasteiger partial charge in [0, 0.05) is 24.7 Å². The molecule has 0 amide bonds. The van der Waals surface area contributed by atoms with Crippen LogP contribution in [0.2, 0.25) is 0 Å². The molecule has 7 nitrogen and oxygen atoms in total. The van der Waals surface area contributed by atoms with Gasteiger partial charge in [-0.3, -0.25) is 20.2 Å². The lowest BCUT2D eigenvalue weighted by Gasteiger charge is -2.23. The molecular weight excluding hydrogens is 262 g/mol. The number of aryl methyl sites for hydroxylation is 1. The Morgan fingerprint density at radius 1 is 1.05 bits per heavy atom. The monoisotopic (exact) mass is 281 g/mol. The summed E-state index contributed by atoms with van der Waals surface area (Å²) in [6.45, 7) is 6.59. The van der Waals surface area contributed by atoms with Crippen LogP contribution in [0.3, 0.4) is 0 Å². The van der Waals surface area contributed by atoms with Crippen LogP contribution in [0.25, 0.3) is 0 Å². The second kappa shape index (κ2) is 6.83. The Labute approximate surface area is 117 Å². The highest BCUT2D eigenvalue weighted by molar-refractivity contribution is 5.77. The third-order valence-electron chi connectivity index (χ3n) is 3.01. The Morgan fingerprint density at radius 2 is 1.60 bits per heavy atom. The fraction of sp³-hybridized carbons (Fsp3) is 0.538. The average Bonchev–Trinajstić information content (AvgIpc) is 2.37. The number of hydrogen-bond donors (Lipinski definition) is 0. The topological polar surface area (TPSA) is 89.5 Å². The van der Waals surface area contributed by atoms with Crippen molar-refractivity contribution in [3.63, 3.8) is 0 Å². The van der Waals surface area contributed by atoms with Crippen LogP contribution >= 0.6 is 0 Å². The lowest BCUT2D eigenvalue weighted by molar-refractivity contribution is -0.393. The van der Waals surface area contributed by atoms with Crippen molar-refractivity contribution in [3.05, 3.63) is 37.9 Å². The van der Waals surface area contributed by atoms with E-state index in [4.69, 9.17) is 0 Å². The van der Waals surface area contributed by atoms with E-state index >= 15 is 0 Å². The van der Waals surface area contributed by atoms with Gasteiger partial charge in [0.1, 0.15) is 0 Å². The molecule has 0 saturated heterocycles. The first kappa shape index (κ1) is 15.9. The van der Waals surface area contributed by atoms with E-state index in [2.05, 4.69) is 0 Å². The number of rotatable bonds is 7. The minimum atomic E-state index is -0.555. The number of anilines is 1. The van der Waals surface area contributed by atoms with E-state index in [1.165, 1.54) is 12.1 Å². The largest absolute Gasteiger partial charge is 0.360 e. The summed E-state index contributed by atoms with van der Waals surface area (Å²) < 4.78 is 0. The summed E-state index contributed by atoms with van der Waals surface area (Å²) in [5.74, 6) is 0. The van der Waals surface area contributed by atoms with Gasteiger partial charge in [0.05, 0.1) is 9.85 Å². The quantitative estimate of drug-likeness (QED) is 0.564. The number of nitro benzene ring substituents is 2. The third-order valence-corrected chi connectivity index (χ3v) is 3.01. The number of nitrogens with zero attached hydrogens (tertiary/aromatic N) is 3. The maximum absolute atomic E-state index is 11.3. The Kier molecular flexibility index (Phi) is 5.42. The summed E-state index contributed by atoms with van der Waals surface area (Å²) in [5, 5.41) is 22.5. The maximum Gasteiger partial charge on any atom is 0.302 e. The van der Waals surface area contributed by atoms with Gasteiger partial charge in [-0.1, -0.05) is 13.8 Å². The zero-order valence-corrected chi connectivity index (χ0v) is 12.0. The molecule has 0 fully saturated rings. The molecule has 0 N–H and O–H groups in total. The first-order valence-corrected chi connectivity index (χ1v) is 6.61. The molecule has 1 aromatic rings. The van der Waals surface area contributed by atoms with Crippen molar-refractivity contribution in [3.8, 4) is 0 Å². The van der Waals surface area contributed by atoms with E-state index in [-0.39, 0.29) is 17.1 Å². The van der Waals surface area contributed by atoms with Crippen LogP contribution in [-0.2, 0) is 0 Å². The zero-order valence-electron chi connectivity index (χ0n) is 12.0. The Morgan fingerprint density at radius 3 is 2.00 bits per heavy atom. The molecule has 0 atom stereocenters. The predicted molar refractivity (Wildman–Crippen MR) is 77.3 cm³/mol. The van der Waals surface area contributed by atoms with Crippen LogP contribution in [0.5, 0.6) is 0 Å². The molecule has 0 radical (unpaired) electrons. The van der Waals surface area contributed by atoms with Crippen LogP contribution in [0, 0.1) is 27.2 Å². The van der Waals surface area contributed by atoms with Gasteiger partial charge in [-0.25, -0.2) is 0 Å². The molecule has 0 aliphatic heterocycles. The molecule has 0 saturated carbocycles. The van der Waals surface area contributed by atoms with E-state index in [0.29, 0.717) is 18.7 Å². The van der Waals surface area contributed by atoms with Crippen LogP contribution in [0.4, 0.5) is 17.1 Å². The van der Waals surface area contributed by atoms with Crippen molar-refractivity contribution in [1.82, 2.24) is 0 Å². The van der Waals surface area contributed by atoms with Gasteiger partial charge < -0.3 is 4.90 Å². The van der Waals surface area contributed by atoms with Crippen LogP contribution < -0.4 is 4.90 Å². The zero-order chi connectivity index (χ0) is 15.3. The highest BCUT2D eigenvalue weighted by Crippen LogP contribution is 2.39. The Hall–Kier alpha value is -2.18. The number of benzene rings is 1. The fourth-order valence-electron chi connectivity index (χ4n) is 2.23. The molecule has 0 aromatic heterocycles. The molecule has 0 spiro atoms. The molecule has 0 bridgehead atoms. The SMILES string of the molecule is CCCN(CCC)c1c([N+](=O)[O-])ccc(C)c1[N+](=O)[O-]. The highest BCUT2D eigenvalue weighted by Gasteiger charge is 2.30. The summed E-state index contributed by atoms with van der Waals surface area (Å²) in [4.78, 5) is 23.1. The number of nitro groups is 2. The summed E-state index contributed by atoms with van der Waals surface area (Å²) >= 11 is 0. The van der Waals surface area contributed by atoms with Gasteiger partial charge in [-0.05, 0) is 25.8 Å². The highest BCUT2D eigenvalue weighted by atomic mass is 16.6. The molecule has 0 unspecified atom stereocenters. The molecule has 7 heteroatoms. The van der Waals surface area contributed by atoms with Gasteiger partial charge in [0.25, 0.3) is 5.69 Å². The van der Waals surface area contributed by atoms with Crippen molar-refractivity contribution in [2.45, 2.75) is 33.6 Å². The standard InChI is InChI=1S/C13H19N3O4/c1-4-8-14(9-5-2)13-11(15(17)18)7-6-10(3)12(13)16(19)20/h6-7H,4-5,8-9H2,1-3H3. The van der Waals surface area contributed by atoms with E-state index in [0.717, 1.165) is 12.8 Å². The molecule has 0 aliphatic carbocycles. The van der Waals surface area contributed by atoms with Gasteiger partial charge in [-0.15, -0.1) is 0 Å². The summed E-state index contributed by atoms with van der Waals surface area (Å²) in [6, 6.07) is 2.77. The smallest absolute Gasteiger partial charge is 0.302 e. The molecule has 0 aliphatic rings. The molecule has 1 rings (SSSR count). The fourth-order valence-corrected chi connectivity index (χ4v) is 2.23. The molecular formula is C13H19N3O4. The minimum Gasteiger partial charge on any atom is -0.360 e. The molecule has 0 heterocycles. The second-order valence-electron chi connectivity index (χ2n) is 4.60. The van der Waals surface area contributed by atoms with E-state index in [1.807, 2.05) is 13.8 Å². The van der Waals surface area contributed by atoms with Crippen molar-refractivity contribution in [2.24, 2.45) is 0 Å². The lowest BCUT2D eigenvalue weighted by Crippen LogP contribution is -2.26. The maximum atomic E-state index is 11.3. The van der Waals surface area contributed by atoms with Crippen LogP contribution in [0.1, 0.15) is 32.3 Å². The number of hydrogen-bond acceptors (Lipinski definition) is 5.